The van der Waals surface area contributed by atoms with Crippen molar-refractivity contribution in [3.05, 3.63) is 65.7 Å². The molecule has 3 heteroatoms. The maximum Gasteiger partial charge on any atom is 0.205 e. The van der Waals surface area contributed by atoms with E-state index < -0.39 is 5.60 Å². The van der Waals surface area contributed by atoms with Gasteiger partial charge in [0, 0.05) is 0 Å². The van der Waals surface area contributed by atoms with E-state index in [9.17, 15) is 4.79 Å². The molecule has 0 N–H and O–H groups in total. The van der Waals surface area contributed by atoms with E-state index in [-0.39, 0.29) is 11.9 Å². The van der Waals surface area contributed by atoms with Crippen LogP contribution in [0.3, 0.4) is 0 Å². The molecule has 94 valence electrons. The third-order valence-electron chi connectivity index (χ3n) is 3.75. The summed E-state index contributed by atoms with van der Waals surface area (Å²) in [6.07, 6.45) is -0.186. The van der Waals surface area contributed by atoms with Crippen LogP contribution in [0.15, 0.2) is 54.6 Å². The molecule has 2 aliphatic rings. The van der Waals surface area contributed by atoms with Crippen molar-refractivity contribution in [3.8, 4) is 5.75 Å². The minimum absolute atomic E-state index is 0.0307. The molecule has 19 heavy (non-hydrogen) atoms. The summed E-state index contributed by atoms with van der Waals surface area (Å²) in [6.45, 7) is 0.294. The Morgan fingerprint density at radius 1 is 1.00 bits per heavy atom. The third kappa shape index (κ3) is 1.45. The van der Waals surface area contributed by atoms with E-state index >= 15 is 0 Å². The van der Waals surface area contributed by atoms with Crippen LogP contribution in [0, 0.1) is 0 Å². The normalized spacial score (nSPS) is 27.8. The van der Waals surface area contributed by atoms with Crippen molar-refractivity contribution in [2.75, 3.05) is 6.61 Å². The lowest BCUT2D eigenvalue weighted by Gasteiger charge is -2.21. The topological polar surface area (TPSA) is 38.8 Å². The minimum atomic E-state index is -0.810. The molecule has 2 aromatic carbocycles. The number of hydrogen-bond donors (Lipinski definition) is 0. The van der Waals surface area contributed by atoms with Gasteiger partial charge in [-0.3, -0.25) is 4.79 Å². The molecule has 0 amide bonds. The molecule has 0 saturated carbocycles. The Kier molecular flexibility index (Phi) is 2.09. The molecular formula is C16H12O3. The van der Waals surface area contributed by atoms with Crippen molar-refractivity contribution in [1.29, 1.82) is 0 Å². The molecule has 0 aliphatic carbocycles. The van der Waals surface area contributed by atoms with Crippen molar-refractivity contribution < 1.29 is 14.3 Å². The molecule has 2 aliphatic heterocycles. The number of epoxide rings is 1. The molecule has 2 atom stereocenters. The largest absolute Gasteiger partial charge is 0.489 e. The van der Waals surface area contributed by atoms with E-state index in [1.54, 1.807) is 6.07 Å². The van der Waals surface area contributed by atoms with Gasteiger partial charge in [0.1, 0.15) is 18.5 Å². The van der Waals surface area contributed by atoms with Crippen molar-refractivity contribution in [2.24, 2.45) is 0 Å². The van der Waals surface area contributed by atoms with Gasteiger partial charge in [0.2, 0.25) is 5.78 Å². The highest BCUT2D eigenvalue weighted by Crippen LogP contribution is 2.54. The van der Waals surface area contributed by atoms with Gasteiger partial charge in [0.05, 0.1) is 5.56 Å². The number of ketones is 1. The Morgan fingerprint density at radius 2 is 1.74 bits per heavy atom. The summed E-state index contributed by atoms with van der Waals surface area (Å²) < 4.78 is 11.4. The van der Waals surface area contributed by atoms with Crippen LogP contribution in [0.5, 0.6) is 5.75 Å². The molecule has 1 fully saturated rings. The number of Topliss-reactive ketones (excluding diaryl/α,β-unsaturated/α-hetero) is 1. The summed E-state index contributed by atoms with van der Waals surface area (Å²) >= 11 is 0. The van der Waals surface area contributed by atoms with E-state index in [4.69, 9.17) is 9.47 Å². The van der Waals surface area contributed by atoms with Gasteiger partial charge in [-0.15, -0.1) is 0 Å². The van der Waals surface area contributed by atoms with Gasteiger partial charge in [-0.1, -0.05) is 42.5 Å². The minimum Gasteiger partial charge on any atom is -0.489 e. The summed E-state index contributed by atoms with van der Waals surface area (Å²) in [7, 11) is 0. The fourth-order valence-corrected chi connectivity index (χ4v) is 2.68. The summed E-state index contributed by atoms with van der Waals surface area (Å²) in [5, 5.41) is 0. The van der Waals surface area contributed by atoms with Crippen molar-refractivity contribution >= 4 is 5.78 Å². The lowest BCUT2D eigenvalue weighted by atomic mass is 9.89. The predicted molar refractivity (Wildman–Crippen MR) is 69.3 cm³/mol. The highest BCUT2D eigenvalue weighted by atomic mass is 16.6. The number of carbonyl (C=O) groups excluding carboxylic acids is 1. The lowest BCUT2D eigenvalue weighted by molar-refractivity contribution is 0.0755. The number of benzene rings is 2. The molecular weight excluding hydrogens is 240 g/mol. The van der Waals surface area contributed by atoms with Crippen molar-refractivity contribution in [1.82, 2.24) is 0 Å². The average molecular weight is 252 g/mol. The quantitative estimate of drug-likeness (QED) is 0.732. The smallest absolute Gasteiger partial charge is 0.205 e. The third-order valence-corrected chi connectivity index (χ3v) is 3.75. The van der Waals surface area contributed by atoms with Gasteiger partial charge in [-0.25, -0.2) is 0 Å². The van der Waals surface area contributed by atoms with E-state index in [0.717, 1.165) is 5.56 Å². The molecule has 0 bridgehead atoms. The van der Waals surface area contributed by atoms with Gasteiger partial charge in [-0.05, 0) is 17.7 Å². The standard InChI is InChI=1S/C16H12O3/c17-14-12-8-4-5-9-13(12)18-10-16(14)15(19-16)11-6-2-1-3-7-11/h1-9,15H,10H2/t15-,16+/m0/s1. The van der Waals surface area contributed by atoms with Gasteiger partial charge >= 0.3 is 0 Å². The lowest BCUT2D eigenvalue weighted by Crippen LogP contribution is -2.37. The van der Waals surface area contributed by atoms with Crippen LogP contribution in [0.4, 0.5) is 0 Å². The van der Waals surface area contributed by atoms with Crippen molar-refractivity contribution in [2.45, 2.75) is 11.7 Å². The molecule has 0 aromatic heterocycles. The second-order valence-electron chi connectivity index (χ2n) is 4.91. The fraction of sp³-hybridized carbons (Fsp3) is 0.188. The number of carbonyl (C=O) groups is 1. The van der Waals surface area contributed by atoms with Crippen LogP contribution in [0.2, 0.25) is 0 Å². The van der Waals surface area contributed by atoms with Crippen LogP contribution in [0.1, 0.15) is 22.0 Å². The summed E-state index contributed by atoms with van der Waals surface area (Å²) in [6, 6.07) is 17.1. The first kappa shape index (κ1) is 10.8. The first-order chi connectivity index (χ1) is 9.31. The molecule has 1 saturated heterocycles. The zero-order valence-electron chi connectivity index (χ0n) is 10.2. The van der Waals surface area contributed by atoms with Gasteiger partial charge in [-0.2, -0.15) is 0 Å². The van der Waals surface area contributed by atoms with E-state index in [0.29, 0.717) is 17.9 Å². The summed E-state index contributed by atoms with van der Waals surface area (Å²) in [5.41, 5.74) is 0.835. The number of para-hydroxylation sites is 1. The van der Waals surface area contributed by atoms with E-state index in [2.05, 4.69) is 0 Å². The summed E-state index contributed by atoms with van der Waals surface area (Å²) in [5.74, 6) is 0.684. The molecule has 3 nitrogen and oxygen atoms in total. The van der Waals surface area contributed by atoms with Gasteiger partial charge in [0.15, 0.2) is 5.60 Å². The van der Waals surface area contributed by atoms with Crippen LogP contribution < -0.4 is 4.74 Å². The predicted octanol–water partition coefficient (Wildman–Crippen LogP) is 2.77. The molecule has 0 radical (unpaired) electrons. The van der Waals surface area contributed by atoms with Crippen LogP contribution in [-0.4, -0.2) is 18.0 Å². The maximum atomic E-state index is 12.6. The van der Waals surface area contributed by atoms with Crippen molar-refractivity contribution in [3.63, 3.8) is 0 Å². The Morgan fingerprint density at radius 3 is 2.58 bits per heavy atom. The number of rotatable bonds is 1. The zero-order chi connectivity index (χ0) is 12.9. The highest BCUT2D eigenvalue weighted by molar-refractivity contribution is 6.07. The molecule has 2 heterocycles. The Labute approximate surface area is 110 Å². The van der Waals surface area contributed by atoms with E-state index in [1.165, 1.54) is 0 Å². The number of ether oxygens (including phenoxy) is 2. The molecule has 2 aromatic rings. The van der Waals surface area contributed by atoms with E-state index in [1.807, 2.05) is 48.5 Å². The van der Waals surface area contributed by atoms with Crippen LogP contribution >= 0.6 is 0 Å². The Bertz CT molecular complexity index is 650. The monoisotopic (exact) mass is 252 g/mol. The summed E-state index contributed by atoms with van der Waals surface area (Å²) in [4.78, 5) is 12.6. The van der Waals surface area contributed by atoms with Crippen LogP contribution in [0.25, 0.3) is 0 Å². The Hall–Kier alpha value is -2.13. The first-order valence-electron chi connectivity index (χ1n) is 6.31. The van der Waals surface area contributed by atoms with Gasteiger partial charge < -0.3 is 9.47 Å². The average Bonchev–Trinajstić information content (AvgIpc) is 3.20. The number of hydrogen-bond acceptors (Lipinski definition) is 3. The number of fused-ring (bicyclic) bond motifs is 1. The maximum absolute atomic E-state index is 12.6. The zero-order valence-corrected chi connectivity index (χ0v) is 10.2. The van der Waals surface area contributed by atoms with Crippen LogP contribution in [-0.2, 0) is 4.74 Å². The van der Waals surface area contributed by atoms with Gasteiger partial charge in [0.25, 0.3) is 0 Å². The second-order valence-corrected chi connectivity index (χ2v) is 4.91. The molecule has 1 spiro atoms. The fourth-order valence-electron chi connectivity index (χ4n) is 2.68. The molecule has 4 rings (SSSR count). The molecule has 0 unspecified atom stereocenters. The first-order valence-corrected chi connectivity index (χ1v) is 6.31. The second kappa shape index (κ2) is 3.68. The SMILES string of the molecule is O=C1c2ccccc2OC[C@@]12O[C@H]2c1ccccc1. The highest BCUT2D eigenvalue weighted by Gasteiger charge is 2.65. The Balaban J connectivity index is 1.71.